The zero-order valence-corrected chi connectivity index (χ0v) is 15.9. The number of halogens is 1. The topological polar surface area (TPSA) is 88.0 Å². The van der Waals surface area contributed by atoms with Crippen molar-refractivity contribution in [2.24, 2.45) is 5.10 Å². The smallest absolute Gasteiger partial charge is 0.303 e. The van der Waals surface area contributed by atoms with E-state index in [1.807, 2.05) is 37.3 Å². The van der Waals surface area contributed by atoms with Crippen LogP contribution in [0.5, 0.6) is 5.75 Å². The minimum Gasteiger partial charge on any atom is -0.481 e. The monoisotopic (exact) mass is 388 g/mol. The number of nitrogens with zero attached hydrogens (tertiary/aromatic N) is 1. The molecule has 27 heavy (non-hydrogen) atoms. The van der Waals surface area contributed by atoms with Crippen LogP contribution in [0.25, 0.3) is 0 Å². The van der Waals surface area contributed by atoms with Crippen LogP contribution in [0, 0.1) is 6.92 Å². The van der Waals surface area contributed by atoms with Gasteiger partial charge in [0.05, 0.1) is 12.1 Å². The van der Waals surface area contributed by atoms with Crippen molar-refractivity contribution in [1.82, 2.24) is 5.43 Å². The first-order chi connectivity index (χ1) is 12.9. The van der Waals surface area contributed by atoms with Gasteiger partial charge in [-0.3, -0.25) is 9.59 Å². The molecule has 0 bridgehead atoms. The second kappa shape index (κ2) is 9.73. The van der Waals surface area contributed by atoms with Gasteiger partial charge in [0, 0.05) is 11.4 Å². The van der Waals surface area contributed by atoms with E-state index in [9.17, 15) is 9.59 Å². The molecule has 0 heterocycles. The largest absolute Gasteiger partial charge is 0.481 e. The summed E-state index contributed by atoms with van der Waals surface area (Å²) in [6.07, 6.45) is -0.671. The first kappa shape index (κ1) is 20.5. The molecular formula is C20H21ClN2O4. The average molecular weight is 389 g/mol. The van der Waals surface area contributed by atoms with Gasteiger partial charge < -0.3 is 9.84 Å². The Bertz CT molecular complexity index is 837. The molecule has 2 rings (SSSR count). The number of hydrazone groups is 1. The number of amides is 1. The van der Waals surface area contributed by atoms with Gasteiger partial charge in [0.2, 0.25) is 0 Å². The summed E-state index contributed by atoms with van der Waals surface area (Å²) in [5, 5.41) is 13.6. The van der Waals surface area contributed by atoms with Gasteiger partial charge in [0.15, 0.2) is 6.10 Å². The molecule has 2 aromatic rings. The highest BCUT2D eigenvalue weighted by Gasteiger charge is 2.16. The highest BCUT2D eigenvalue weighted by atomic mass is 35.5. The summed E-state index contributed by atoms with van der Waals surface area (Å²) in [4.78, 5) is 23.2. The Labute approximate surface area is 162 Å². The molecule has 0 aliphatic carbocycles. The predicted octanol–water partition coefficient (Wildman–Crippen LogP) is 3.80. The highest BCUT2D eigenvalue weighted by molar-refractivity contribution is 6.30. The van der Waals surface area contributed by atoms with Crippen molar-refractivity contribution in [3.05, 3.63) is 64.7 Å². The third-order valence-corrected chi connectivity index (χ3v) is 4.03. The number of carbonyl (C=O) groups is 2. The van der Waals surface area contributed by atoms with Crippen LogP contribution in [0.3, 0.4) is 0 Å². The molecule has 2 N–H and O–H groups in total. The summed E-state index contributed by atoms with van der Waals surface area (Å²) in [6.45, 7) is 3.45. The van der Waals surface area contributed by atoms with E-state index in [1.54, 1.807) is 25.1 Å². The molecule has 1 amide bonds. The van der Waals surface area contributed by atoms with E-state index in [0.717, 1.165) is 11.1 Å². The molecule has 0 saturated carbocycles. The van der Waals surface area contributed by atoms with E-state index in [1.165, 1.54) is 0 Å². The molecule has 0 fully saturated rings. The van der Waals surface area contributed by atoms with Crippen LogP contribution < -0.4 is 10.2 Å². The van der Waals surface area contributed by atoms with Crippen molar-refractivity contribution in [2.75, 3.05) is 0 Å². The fraction of sp³-hybridized carbons (Fsp3) is 0.250. The summed E-state index contributed by atoms with van der Waals surface area (Å²) in [7, 11) is 0. The van der Waals surface area contributed by atoms with Gasteiger partial charge in [-0.1, -0.05) is 41.9 Å². The summed E-state index contributed by atoms with van der Waals surface area (Å²) >= 11 is 5.92. The average Bonchev–Trinajstić information content (AvgIpc) is 2.64. The van der Waals surface area contributed by atoms with E-state index in [0.29, 0.717) is 16.5 Å². The number of aryl methyl sites for hydroxylation is 1. The molecule has 2 aromatic carbocycles. The predicted molar refractivity (Wildman–Crippen MR) is 104 cm³/mol. The summed E-state index contributed by atoms with van der Waals surface area (Å²) < 4.78 is 5.66. The molecule has 142 valence electrons. The zero-order chi connectivity index (χ0) is 19.8. The van der Waals surface area contributed by atoms with Gasteiger partial charge in [0.1, 0.15) is 5.75 Å². The van der Waals surface area contributed by atoms with Gasteiger partial charge in [-0.2, -0.15) is 5.10 Å². The maximum Gasteiger partial charge on any atom is 0.303 e. The molecule has 0 aliphatic rings. The molecule has 0 saturated heterocycles. The van der Waals surface area contributed by atoms with Crippen LogP contribution in [0.4, 0.5) is 0 Å². The van der Waals surface area contributed by atoms with Crippen LogP contribution in [0.15, 0.2) is 53.6 Å². The van der Waals surface area contributed by atoms with Gasteiger partial charge >= 0.3 is 5.97 Å². The van der Waals surface area contributed by atoms with Gasteiger partial charge in [0.25, 0.3) is 5.91 Å². The normalized spacial score (nSPS) is 12.3. The lowest BCUT2D eigenvalue weighted by Crippen LogP contribution is -2.34. The van der Waals surface area contributed by atoms with Crippen molar-refractivity contribution in [3.63, 3.8) is 0 Å². The zero-order valence-electron chi connectivity index (χ0n) is 15.1. The molecular weight excluding hydrogens is 368 g/mol. The van der Waals surface area contributed by atoms with E-state index in [4.69, 9.17) is 21.4 Å². The third-order valence-electron chi connectivity index (χ3n) is 3.79. The molecule has 0 aromatic heterocycles. The van der Waals surface area contributed by atoms with E-state index in [-0.39, 0.29) is 12.8 Å². The molecule has 0 aliphatic heterocycles. The van der Waals surface area contributed by atoms with Crippen molar-refractivity contribution in [3.8, 4) is 5.75 Å². The lowest BCUT2D eigenvalue weighted by Gasteiger charge is -2.15. The Morgan fingerprint density at radius 1 is 1.19 bits per heavy atom. The summed E-state index contributed by atoms with van der Waals surface area (Å²) in [6, 6.07) is 14.2. The van der Waals surface area contributed by atoms with Crippen molar-refractivity contribution in [1.29, 1.82) is 0 Å². The molecule has 0 radical (unpaired) electrons. The molecule has 7 heteroatoms. The Kier molecular flexibility index (Phi) is 7.37. The Balaban J connectivity index is 2.06. The van der Waals surface area contributed by atoms with Crippen LogP contribution in [0.2, 0.25) is 5.02 Å². The number of benzene rings is 2. The number of carbonyl (C=O) groups excluding carboxylic acids is 1. The Hall–Kier alpha value is -2.86. The Morgan fingerprint density at radius 3 is 2.52 bits per heavy atom. The minimum absolute atomic E-state index is 0.0837. The fourth-order valence-corrected chi connectivity index (χ4v) is 2.55. The fourth-order valence-electron chi connectivity index (χ4n) is 2.32. The van der Waals surface area contributed by atoms with Crippen LogP contribution in [-0.4, -0.2) is 28.8 Å². The maximum absolute atomic E-state index is 12.3. The number of rotatable bonds is 8. The first-order valence-corrected chi connectivity index (χ1v) is 8.81. The lowest BCUT2D eigenvalue weighted by atomic mass is 10.1. The number of carboxylic acids is 1. The van der Waals surface area contributed by atoms with Crippen LogP contribution in [0.1, 0.15) is 30.9 Å². The van der Waals surface area contributed by atoms with E-state index in [2.05, 4.69) is 10.5 Å². The first-order valence-electron chi connectivity index (χ1n) is 8.43. The van der Waals surface area contributed by atoms with Crippen LogP contribution >= 0.6 is 11.6 Å². The third kappa shape index (κ3) is 6.42. The second-order valence-electron chi connectivity index (χ2n) is 5.96. The number of carboxylic acid groups (broad SMARTS) is 1. The summed E-state index contributed by atoms with van der Waals surface area (Å²) in [5.74, 6) is -0.812. The SMILES string of the molecule is Cc1cc(Cl)ccc1OC(C)C(=O)N/N=C(\CCC(=O)O)c1ccccc1. The Morgan fingerprint density at radius 2 is 1.89 bits per heavy atom. The molecule has 0 spiro atoms. The number of aliphatic carboxylic acids is 1. The maximum atomic E-state index is 12.3. The highest BCUT2D eigenvalue weighted by Crippen LogP contribution is 2.22. The number of hydrogen-bond acceptors (Lipinski definition) is 4. The molecule has 1 unspecified atom stereocenters. The van der Waals surface area contributed by atoms with Gasteiger partial charge in [-0.05, 0) is 43.2 Å². The number of ether oxygens (including phenoxy) is 1. The molecule has 1 atom stereocenters. The summed E-state index contributed by atoms with van der Waals surface area (Å²) in [5.41, 5.74) is 4.52. The minimum atomic E-state index is -0.931. The van der Waals surface area contributed by atoms with Gasteiger partial charge in [-0.15, -0.1) is 0 Å². The molecule has 6 nitrogen and oxygen atoms in total. The van der Waals surface area contributed by atoms with Crippen LogP contribution in [-0.2, 0) is 9.59 Å². The standard InChI is InChI=1S/C20H21ClN2O4/c1-13-12-16(21)8-10-18(13)27-14(2)20(26)23-22-17(9-11-19(24)25)15-6-4-3-5-7-15/h3-8,10,12,14H,9,11H2,1-2H3,(H,23,26)(H,24,25)/b22-17+. The number of nitrogens with one attached hydrogen (secondary N) is 1. The van der Waals surface area contributed by atoms with Crippen molar-refractivity contribution in [2.45, 2.75) is 32.8 Å². The van der Waals surface area contributed by atoms with E-state index >= 15 is 0 Å². The van der Waals surface area contributed by atoms with Gasteiger partial charge in [-0.25, -0.2) is 5.43 Å². The van der Waals surface area contributed by atoms with Crippen molar-refractivity contribution >= 4 is 29.2 Å². The second-order valence-corrected chi connectivity index (χ2v) is 6.40. The van der Waals surface area contributed by atoms with E-state index < -0.39 is 18.0 Å². The number of hydrogen-bond donors (Lipinski definition) is 2. The lowest BCUT2D eigenvalue weighted by molar-refractivity contribution is -0.136. The van der Waals surface area contributed by atoms with Crippen molar-refractivity contribution < 1.29 is 19.4 Å². The quantitative estimate of drug-likeness (QED) is 0.531.